The summed E-state index contributed by atoms with van der Waals surface area (Å²) < 4.78 is 0. The summed E-state index contributed by atoms with van der Waals surface area (Å²) in [5.41, 5.74) is 2.41. The molecular formula is C15H15ClN4O3Pt. The molecule has 0 amide bonds. The Morgan fingerprint density at radius 3 is 1.92 bits per heavy atom. The Morgan fingerprint density at radius 2 is 1.33 bits per heavy atom. The second-order valence-corrected chi connectivity index (χ2v) is 4.00. The summed E-state index contributed by atoms with van der Waals surface area (Å²) in [5, 5.41) is 17.2. The van der Waals surface area contributed by atoms with Crippen LogP contribution in [0.2, 0.25) is 0 Å². The third-order valence-corrected chi connectivity index (χ3v) is 2.75. The largest absolute Gasteiger partial charge is 4.00 e. The molecule has 0 atom stereocenters. The van der Waals surface area contributed by atoms with E-state index in [2.05, 4.69) is 47.4 Å². The smallest absolute Gasteiger partial charge is 1.00 e. The van der Waals surface area contributed by atoms with Crippen LogP contribution in [0, 0.1) is 15.3 Å². The molecule has 0 bridgehead atoms. The number of hydrogen-bond donors (Lipinski definition) is 0. The monoisotopic (exact) mass is 529 g/mol. The summed E-state index contributed by atoms with van der Waals surface area (Å²) in [5.74, 6) is 0. The van der Waals surface area contributed by atoms with Gasteiger partial charge in [-0.1, -0.05) is 54.6 Å². The molecule has 1 heterocycles. The Kier molecular flexibility index (Phi) is 15.0. The van der Waals surface area contributed by atoms with Crippen molar-refractivity contribution in [1.29, 1.82) is 0 Å². The van der Waals surface area contributed by atoms with Gasteiger partial charge >= 0.3 is 21.1 Å². The van der Waals surface area contributed by atoms with Crippen LogP contribution in [-0.2, 0) is 21.1 Å². The minimum atomic E-state index is -1.75. The molecule has 0 spiro atoms. The number of pyridine rings is 1. The molecule has 0 unspecified atom stereocenters. The molecule has 3 rings (SSSR count). The first-order valence-electron chi connectivity index (χ1n) is 5.88. The van der Waals surface area contributed by atoms with Crippen molar-refractivity contribution in [3.8, 4) is 11.1 Å². The van der Waals surface area contributed by atoms with Crippen molar-refractivity contribution in [2.24, 2.45) is 0 Å². The first-order chi connectivity index (χ1) is 9.68. The Labute approximate surface area is 160 Å². The minimum Gasteiger partial charge on any atom is -1.00 e. The van der Waals surface area contributed by atoms with Gasteiger partial charge in [0, 0.05) is 23.3 Å². The van der Waals surface area contributed by atoms with E-state index >= 15 is 0 Å². The number of fused-ring (bicyclic) bond motifs is 1. The van der Waals surface area contributed by atoms with E-state index in [0.717, 1.165) is 0 Å². The van der Waals surface area contributed by atoms with Crippen molar-refractivity contribution in [3.05, 3.63) is 94.6 Å². The average molecular weight is 530 g/mol. The quantitative estimate of drug-likeness (QED) is 0.351. The second-order valence-electron chi connectivity index (χ2n) is 4.00. The van der Waals surface area contributed by atoms with Gasteiger partial charge < -0.3 is 40.0 Å². The molecular weight excluding hydrogens is 515 g/mol. The van der Waals surface area contributed by atoms with Gasteiger partial charge in [-0.2, -0.15) is 0 Å². The fraction of sp³-hybridized carbons (Fsp3) is 0. The summed E-state index contributed by atoms with van der Waals surface area (Å²) in [6, 6.07) is 18.7. The number of nitrogens with zero attached hydrogens (tertiary/aromatic N) is 2. The number of aromatic nitrogens is 1. The number of halogens is 1. The zero-order valence-corrected chi connectivity index (χ0v) is 15.3. The van der Waals surface area contributed by atoms with Gasteiger partial charge in [-0.25, -0.2) is 0 Å². The Balaban J connectivity index is -0.000000504. The molecule has 0 aliphatic heterocycles. The van der Waals surface area contributed by atoms with Gasteiger partial charge in [0.1, 0.15) is 0 Å². The summed E-state index contributed by atoms with van der Waals surface area (Å²) >= 11 is 0. The van der Waals surface area contributed by atoms with Gasteiger partial charge in [-0.3, -0.25) is 4.98 Å². The van der Waals surface area contributed by atoms with E-state index in [4.69, 9.17) is 15.3 Å². The summed E-state index contributed by atoms with van der Waals surface area (Å²) in [6.45, 7) is 0. The molecule has 0 radical (unpaired) electrons. The second kappa shape index (κ2) is 13.4. The van der Waals surface area contributed by atoms with Gasteiger partial charge in [-0.15, -0.1) is 0 Å². The van der Waals surface area contributed by atoms with Crippen LogP contribution in [0.3, 0.4) is 0 Å². The van der Waals surface area contributed by atoms with Crippen LogP contribution in [0.4, 0.5) is 0 Å². The maximum atomic E-state index is 8.25. The van der Waals surface area contributed by atoms with E-state index < -0.39 is 5.09 Å². The molecule has 1 aromatic heterocycles. The summed E-state index contributed by atoms with van der Waals surface area (Å²) in [6.07, 6.45) is 3.83. The molecule has 0 fully saturated rings. The van der Waals surface area contributed by atoms with Crippen LogP contribution in [0.1, 0.15) is 0 Å². The predicted octanol–water partition coefficient (Wildman–Crippen LogP) is 2.10. The van der Waals surface area contributed by atoms with Crippen LogP contribution in [0.15, 0.2) is 67.0 Å². The maximum Gasteiger partial charge on any atom is 4.00 e. The third kappa shape index (κ3) is 7.48. The zero-order chi connectivity index (χ0) is 14.4. The Hall–Kier alpha value is -2.05. The molecule has 130 valence electrons. The Bertz CT molecular complexity index is 723. The van der Waals surface area contributed by atoms with Gasteiger partial charge in [-0.05, 0) is 10.9 Å². The van der Waals surface area contributed by atoms with Crippen LogP contribution < -0.4 is 12.4 Å². The van der Waals surface area contributed by atoms with Crippen molar-refractivity contribution >= 4 is 10.8 Å². The van der Waals surface area contributed by atoms with Crippen LogP contribution in [-0.4, -0.2) is 10.1 Å². The number of hydrogen-bond acceptors (Lipinski definition) is 4. The summed E-state index contributed by atoms with van der Waals surface area (Å²) in [4.78, 5) is 12.5. The number of rotatable bonds is 1. The number of benzene rings is 2. The van der Waals surface area contributed by atoms with Crippen LogP contribution >= 0.6 is 0 Å². The molecule has 9 heteroatoms. The zero-order valence-electron chi connectivity index (χ0n) is 12.3. The van der Waals surface area contributed by atoms with E-state index in [9.17, 15) is 0 Å². The van der Waals surface area contributed by atoms with Crippen molar-refractivity contribution < 1.29 is 38.6 Å². The van der Waals surface area contributed by atoms with E-state index in [-0.39, 0.29) is 45.8 Å². The van der Waals surface area contributed by atoms with E-state index in [1.807, 2.05) is 24.5 Å². The normalized spacial score (nSPS) is 8.00. The molecule has 3 aromatic rings. The first-order valence-corrected chi connectivity index (χ1v) is 5.88. The molecule has 4 N–H and O–H groups in total. The van der Waals surface area contributed by atoms with Gasteiger partial charge in [0.15, 0.2) is 0 Å². The molecule has 24 heavy (non-hydrogen) atoms. The number of nitrogens with two attached hydrogens (primary N) is 2. The summed E-state index contributed by atoms with van der Waals surface area (Å²) in [7, 11) is 0. The predicted molar refractivity (Wildman–Crippen MR) is 88.1 cm³/mol. The maximum absolute atomic E-state index is 8.25. The van der Waals surface area contributed by atoms with Crippen molar-refractivity contribution in [1.82, 2.24) is 4.98 Å². The molecule has 0 saturated heterocycles. The van der Waals surface area contributed by atoms with E-state index in [1.54, 1.807) is 0 Å². The average Bonchev–Trinajstić information content (AvgIpc) is 2.47. The van der Waals surface area contributed by atoms with E-state index in [1.165, 1.54) is 21.9 Å². The standard InChI is InChI=1S/C15H11N.ClH.NO3.2H2N.Pt/c1-2-6-12(7-3-1)15-11-16-10-13-8-4-5-9-14(13)15;;2-1(3)4;;;/h1-11H;1H;;2*1H2;/q;;3*-1;+4/p-1. The molecule has 0 aliphatic carbocycles. The first kappa shape index (κ1) is 26.8. The molecule has 2 aromatic carbocycles. The fourth-order valence-electron chi connectivity index (χ4n) is 1.96. The molecule has 7 nitrogen and oxygen atoms in total. The van der Waals surface area contributed by atoms with Gasteiger partial charge in [0.25, 0.3) is 0 Å². The van der Waals surface area contributed by atoms with Gasteiger partial charge in [0.05, 0.1) is 5.09 Å². The molecule has 0 aliphatic rings. The van der Waals surface area contributed by atoms with Crippen LogP contribution in [0.5, 0.6) is 0 Å². The van der Waals surface area contributed by atoms with Crippen molar-refractivity contribution in [3.63, 3.8) is 0 Å². The molecule has 0 saturated carbocycles. The van der Waals surface area contributed by atoms with Crippen molar-refractivity contribution in [2.75, 3.05) is 0 Å². The third-order valence-electron chi connectivity index (χ3n) is 2.75. The minimum absolute atomic E-state index is 0. The SMILES string of the molecule is O=[N+]([O-])[O-].[Cl-].[NH2-].[NH2-].[Pt+4].c1ccc(-c2cncc3ccccc23)cc1. The Morgan fingerprint density at radius 1 is 0.833 bits per heavy atom. The fourth-order valence-corrected chi connectivity index (χ4v) is 1.96. The topological polar surface area (TPSA) is 146 Å². The van der Waals surface area contributed by atoms with Crippen LogP contribution in [0.25, 0.3) is 34.2 Å². The van der Waals surface area contributed by atoms with Gasteiger partial charge in [0.2, 0.25) is 0 Å². The van der Waals surface area contributed by atoms with Crippen molar-refractivity contribution in [2.45, 2.75) is 0 Å². The van der Waals surface area contributed by atoms with E-state index in [0.29, 0.717) is 0 Å².